The van der Waals surface area contributed by atoms with Crippen molar-refractivity contribution in [3.8, 4) is 0 Å². The third-order valence-corrected chi connectivity index (χ3v) is 5.09. The van der Waals surface area contributed by atoms with Gasteiger partial charge in [-0.1, -0.05) is 18.2 Å². The van der Waals surface area contributed by atoms with Crippen LogP contribution in [-0.2, 0) is 29.1 Å². The maximum absolute atomic E-state index is 11.9. The van der Waals surface area contributed by atoms with E-state index >= 15 is 0 Å². The molecule has 0 saturated carbocycles. The molecule has 1 N–H and O–H groups in total. The molecule has 0 spiro atoms. The van der Waals surface area contributed by atoms with Gasteiger partial charge in [0.05, 0.1) is 12.3 Å². The van der Waals surface area contributed by atoms with E-state index in [0.717, 1.165) is 29.2 Å². The van der Waals surface area contributed by atoms with Crippen molar-refractivity contribution >= 4 is 17.3 Å². The summed E-state index contributed by atoms with van der Waals surface area (Å²) in [7, 11) is 1.64. The normalized spacial score (nSPS) is 17.9. The smallest absolute Gasteiger partial charge is 0.325 e. The number of hydrogen-bond acceptors (Lipinski definition) is 5. The number of rotatable bonds is 5. The number of fused-ring (bicyclic) bond motifs is 1. The van der Waals surface area contributed by atoms with E-state index in [0.29, 0.717) is 13.2 Å². The minimum absolute atomic E-state index is 0.495. The van der Waals surface area contributed by atoms with E-state index in [2.05, 4.69) is 4.98 Å². The van der Waals surface area contributed by atoms with Gasteiger partial charge in [-0.3, -0.25) is 9.69 Å². The Morgan fingerprint density at radius 2 is 2.35 bits per heavy atom. The second-order valence-electron chi connectivity index (χ2n) is 5.77. The molecule has 1 aromatic heterocycles. The fraction of sp³-hybridized carbons (Fsp3) is 0.412. The molecule has 2 heterocycles. The Morgan fingerprint density at radius 1 is 1.52 bits per heavy atom. The number of carboxylic acids is 1. The fourth-order valence-electron chi connectivity index (χ4n) is 3.18. The van der Waals surface area contributed by atoms with E-state index in [4.69, 9.17) is 4.74 Å². The summed E-state index contributed by atoms with van der Waals surface area (Å²) in [5.41, 5.74) is 4.17. The molecule has 1 aliphatic heterocycles. The highest BCUT2D eigenvalue weighted by Gasteiger charge is 2.33. The summed E-state index contributed by atoms with van der Waals surface area (Å²) >= 11 is 1.55. The van der Waals surface area contributed by atoms with Crippen LogP contribution >= 0.6 is 11.3 Å². The number of ether oxygens (including phenoxy) is 1. The van der Waals surface area contributed by atoms with Gasteiger partial charge in [0, 0.05) is 25.6 Å². The van der Waals surface area contributed by atoms with E-state index in [9.17, 15) is 9.90 Å². The Hall–Kier alpha value is -1.76. The van der Waals surface area contributed by atoms with Crippen molar-refractivity contribution in [2.24, 2.45) is 0 Å². The van der Waals surface area contributed by atoms with Crippen molar-refractivity contribution in [2.75, 3.05) is 13.7 Å². The number of aliphatic carboxylic acids is 1. The van der Waals surface area contributed by atoms with Gasteiger partial charge in [-0.2, -0.15) is 0 Å². The van der Waals surface area contributed by atoms with Gasteiger partial charge >= 0.3 is 5.97 Å². The SMILES string of the molecule is COCc1nc(CN2CCc3c(C)cccc3C2C(=O)O)cs1. The maximum Gasteiger partial charge on any atom is 0.325 e. The molecule has 1 unspecified atom stereocenters. The van der Waals surface area contributed by atoms with Gasteiger partial charge in [0.1, 0.15) is 11.0 Å². The minimum atomic E-state index is -0.802. The molecule has 2 aromatic rings. The highest BCUT2D eigenvalue weighted by Crippen LogP contribution is 2.33. The molecular weight excluding hydrogens is 312 g/mol. The first-order valence-electron chi connectivity index (χ1n) is 7.57. The van der Waals surface area contributed by atoms with Crippen LogP contribution in [0.5, 0.6) is 0 Å². The molecule has 6 heteroatoms. The highest BCUT2D eigenvalue weighted by molar-refractivity contribution is 7.09. The number of aryl methyl sites for hydroxylation is 1. The van der Waals surface area contributed by atoms with Crippen LogP contribution in [0.2, 0.25) is 0 Å². The summed E-state index contributed by atoms with van der Waals surface area (Å²) in [6, 6.07) is 5.31. The molecule has 0 aliphatic carbocycles. The summed E-state index contributed by atoms with van der Waals surface area (Å²) in [6.45, 7) is 3.82. The molecule has 0 bridgehead atoms. The van der Waals surface area contributed by atoms with E-state index in [1.54, 1.807) is 18.4 Å². The van der Waals surface area contributed by atoms with Crippen LogP contribution in [0.15, 0.2) is 23.6 Å². The Labute approximate surface area is 139 Å². The molecule has 3 rings (SSSR count). The number of benzene rings is 1. The summed E-state index contributed by atoms with van der Waals surface area (Å²) < 4.78 is 5.09. The lowest BCUT2D eigenvalue weighted by Gasteiger charge is -2.35. The molecule has 0 saturated heterocycles. The predicted molar refractivity (Wildman–Crippen MR) is 88.5 cm³/mol. The zero-order valence-corrected chi connectivity index (χ0v) is 14.1. The first-order valence-corrected chi connectivity index (χ1v) is 8.45. The Kier molecular flexibility index (Phi) is 4.75. The van der Waals surface area contributed by atoms with E-state index < -0.39 is 12.0 Å². The van der Waals surface area contributed by atoms with Crippen LogP contribution in [0.4, 0.5) is 0 Å². The van der Waals surface area contributed by atoms with Crippen LogP contribution in [0.3, 0.4) is 0 Å². The Bertz CT molecular complexity index is 714. The molecule has 1 aliphatic rings. The predicted octanol–water partition coefficient (Wildman–Crippen LogP) is 2.78. The van der Waals surface area contributed by atoms with Gasteiger partial charge in [-0.25, -0.2) is 4.98 Å². The second kappa shape index (κ2) is 6.78. The number of hydrogen-bond donors (Lipinski definition) is 1. The van der Waals surface area contributed by atoms with Crippen LogP contribution in [0, 0.1) is 6.92 Å². The van der Waals surface area contributed by atoms with Crippen molar-refractivity contribution < 1.29 is 14.6 Å². The lowest BCUT2D eigenvalue weighted by Crippen LogP contribution is -2.39. The minimum Gasteiger partial charge on any atom is -0.480 e. The van der Waals surface area contributed by atoms with Gasteiger partial charge in [-0.05, 0) is 30.0 Å². The van der Waals surface area contributed by atoms with Crippen molar-refractivity contribution in [1.29, 1.82) is 0 Å². The first-order chi connectivity index (χ1) is 11.1. The van der Waals surface area contributed by atoms with Gasteiger partial charge in [-0.15, -0.1) is 11.3 Å². The van der Waals surface area contributed by atoms with Gasteiger partial charge < -0.3 is 9.84 Å². The molecule has 0 amide bonds. The highest BCUT2D eigenvalue weighted by atomic mass is 32.1. The standard InChI is InChI=1S/C17H20N2O3S/c1-11-4-3-5-14-13(11)6-7-19(16(14)17(20)21)8-12-10-23-15(18-12)9-22-2/h3-5,10,16H,6-9H2,1-2H3,(H,20,21). The Balaban J connectivity index is 1.85. The number of methoxy groups -OCH3 is 1. The number of carbonyl (C=O) groups is 1. The van der Waals surface area contributed by atoms with Crippen LogP contribution in [0.1, 0.15) is 33.4 Å². The fourth-order valence-corrected chi connectivity index (χ4v) is 3.94. The third-order valence-electron chi connectivity index (χ3n) is 4.22. The monoisotopic (exact) mass is 332 g/mol. The summed E-state index contributed by atoms with van der Waals surface area (Å²) in [5, 5.41) is 12.6. The Morgan fingerprint density at radius 3 is 3.09 bits per heavy atom. The number of nitrogens with zero attached hydrogens (tertiary/aromatic N) is 2. The lowest BCUT2D eigenvalue weighted by molar-refractivity contribution is -0.144. The van der Waals surface area contributed by atoms with Crippen molar-refractivity contribution in [2.45, 2.75) is 32.5 Å². The van der Waals surface area contributed by atoms with Crippen molar-refractivity contribution in [1.82, 2.24) is 9.88 Å². The molecule has 1 atom stereocenters. The van der Waals surface area contributed by atoms with Gasteiger partial charge in [0.15, 0.2) is 0 Å². The van der Waals surface area contributed by atoms with Crippen molar-refractivity contribution in [3.05, 3.63) is 51.0 Å². The number of thiazole rings is 1. The number of carboxylic acid groups (broad SMARTS) is 1. The second-order valence-corrected chi connectivity index (χ2v) is 6.71. The quantitative estimate of drug-likeness (QED) is 0.912. The molecule has 0 fully saturated rings. The molecule has 0 radical (unpaired) electrons. The average molecular weight is 332 g/mol. The molecule has 23 heavy (non-hydrogen) atoms. The maximum atomic E-state index is 11.9. The van der Waals surface area contributed by atoms with Crippen LogP contribution in [0.25, 0.3) is 0 Å². The average Bonchev–Trinajstić information content (AvgIpc) is 2.94. The summed E-state index contributed by atoms with van der Waals surface area (Å²) in [6.07, 6.45) is 0.876. The molecule has 1 aromatic carbocycles. The van der Waals surface area contributed by atoms with E-state index in [1.807, 2.05) is 35.4 Å². The van der Waals surface area contributed by atoms with E-state index in [1.165, 1.54) is 11.1 Å². The largest absolute Gasteiger partial charge is 0.480 e. The zero-order valence-electron chi connectivity index (χ0n) is 13.3. The van der Waals surface area contributed by atoms with Crippen LogP contribution < -0.4 is 0 Å². The molecular formula is C17H20N2O3S. The third kappa shape index (κ3) is 3.29. The summed E-state index contributed by atoms with van der Waals surface area (Å²) in [4.78, 5) is 18.4. The zero-order chi connectivity index (χ0) is 16.4. The molecule has 5 nitrogen and oxygen atoms in total. The molecule has 122 valence electrons. The lowest BCUT2D eigenvalue weighted by atomic mass is 9.89. The summed E-state index contributed by atoms with van der Waals surface area (Å²) in [5.74, 6) is -0.802. The van der Waals surface area contributed by atoms with Crippen molar-refractivity contribution in [3.63, 3.8) is 0 Å². The first kappa shape index (κ1) is 16.1. The van der Waals surface area contributed by atoms with Gasteiger partial charge in [0.2, 0.25) is 0 Å². The van der Waals surface area contributed by atoms with Gasteiger partial charge in [0.25, 0.3) is 0 Å². The number of aromatic nitrogens is 1. The van der Waals surface area contributed by atoms with E-state index in [-0.39, 0.29) is 0 Å². The topological polar surface area (TPSA) is 62.7 Å². The van der Waals surface area contributed by atoms with Crippen LogP contribution in [-0.4, -0.2) is 34.6 Å².